The Morgan fingerprint density at radius 3 is 2.47 bits per heavy atom. The lowest BCUT2D eigenvalue weighted by Gasteiger charge is -2.35. The predicted octanol–water partition coefficient (Wildman–Crippen LogP) is 3.99. The van der Waals surface area contributed by atoms with E-state index in [1.807, 2.05) is 47.4 Å². The summed E-state index contributed by atoms with van der Waals surface area (Å²) in [6.07, 6.45) is 3.89. The van der Waals surface area contributed by atoms with Gasteiger partial charge in [-0.2, -0.15) is 4.98 Å². The highest BCUT2D eigenvalue weighted by molar-refractivity contribution is 5.79. The molecule has 2 aromatic carbocycles. The van der Waals surface area contributed by atoms with Crippen molar-refractivity contribution in [1.29, 1.82) is 0 Å². The van der Waals surface area contributed by atoms with Crippen LogP contribution in [0.25, 0.3) is 22.8 Å². The van der Waals surface area contributed by atoms with E-state index in [0.29, 0.717) is 18.1 Å². The molecular weight excluding hydrogens is 426 g/mol. The summed E-state index contributed by atoms with van der Waals surface area (Å²) in [7, 11) is 0. The normalized spacial score (nSPS) is 14.3. The highest BCUT2D eigenvalue weighted by Gasteiger charge is 2.21. The van der Waals surface area contributed by atoms with Gasteiger partial charge in [-0.25, -0.2) is 0 Å². The van der Waals surface area contributed by atoms with E-state index in [4.69, 9.17) is 4.52 Å². The summed E-state index contributed by atoms with van der Waals surface area (Å²) in [5, 5.41) is 4.11. The van der Waals surface area contributed by atoms with Crippen LogP contribution in [0.4, 0.5) is 0 Å². The fraction of sp³-hybridized carbons (Fsp3) is 0.259. The van der Waals surface area contributed by atoms with Gasteiger partial charge in [-0.05, 0) is 35.7 Å². The second-order valence-electron chi connectivity index (χ2n) is 8.62. The molecule has 0 saturated carbocycles. The Hall–Kier alpha value is -3.84. The number of pyridine rings is 1. The topological polar surface area (TPSA) is 75.4 Å². The van der Waals surface area contributed by atoms with Crippen LogP contribution in [0.2, 0.25) is 0 Å². The van der Waals surface area contributed by atoms with Crippen molar-refractivity contribution >= 4 is 5.91 Å². The third-order valence-corrected chi connectivity index (χ3v) is 6.28. The Kier molecular flexibility index (Phi) is 6.44. The maximum Gasteiger partial charge on any atom is 0.259 e. The van der Waals surface area contributed by atoms with Crippen molar-refractivity contribution in [3.05, 3.63) is 89.7 Å². The van der Waals surface area contributed by atoms with E-state index in [1.165, 1.54) is 11.1 Å². The standard InChI is InChI=1S/C27H27N5O2/c1-20-5-2-3-6-23(20)17-25(33)32-15-13-31(14-16-32)19-21-8-10-22(11-9-21)26-29-27(34-30-26)24-7-4-12-28-18-24/h2-12,18H,13-17,19H2,1H3. The maximum absolute atomic E-state index is 12.7. The molecule has 172 valence electrons. The molecule has 0 aliphatic carbocycles. The van der Waals surface area contributed by atoms with Crippen LogP contribution in [0.15, 0.2) is 77.6 Å². The lowest BCUT2D eigenvalue weighted by atomic mass is 10.1. The third-order valence-electron chi connectivity index (χ3n) is 6.28. The summed E-state index contributed by atoms with van der Waals surface area (Å²) in [6, 6.07) is 20.1. The summed E-state index contributed by atoms with van der Waals surface area (Å²) in [5.41, 5.74) is 5.22. The van der Waals surface area contributed by atoms with Gasteiger partial charge in [-0.1, -0.05) is 53.7 Å². The Bertz CT molecular complexity index is 1250. The van der Waals surface area contributed by atoms with Gasteiger partial charge in [0.1, 0.15) is 0 Å². The van der Waals surface area contributed by atoms with Crippen LogP contribution in [0, 0.1) is 6.92 Å². The first-order valence-corrected chi connectivity index (χ1v) is 11.5. The molecule has 7 heteroatoms. The molecule has 1 amide bonds. The fourth-order valence-corrected chi connectivity index (χ4v) is 4.20. The zero-order chi connectivity index (χ0) is 23.3. The molecule has 1 aliphatic rings. The van der Waals surface area contributed by atoms with Crippen LogP contribution in [-0.4, -0.2) is 57.0 Å². The molecule has 5 rings (SSSR count). The summed E-state index contributed by atoms with van der Waals surface area (Å²) in [6.45, 7) is 6.20. The molecule has 0 atom stereocenters. The average Bonchev–Trinajstić information content (AvgIpc) is 3.37. The first kappa shape index (κ1) is 22.0. The largest absolute Gasteiger partial charge is 0.340 e. The number of hydrogen-bond donors (Lipinski definition) is 0. The van der Waals surface area contributed by atoms with E-state index < -0.39 is 0 Å². The number of hydrogen-bond acceptors (Lipinski definition) is 6. The van der Waals surface area contributed by atoms with Crippen molar-refractivity contribution in [2.24, 2.45) is 0 Å². The molecule has 4 aromatic rings. The van der Waals surface area contributed by atoms with Crippen molar-refractivity contribution in [2.75, 3.05) is 26.2 Å². The van der Waals surface area contributed by atoms with Crippen LogP contribution in [0.5, 0.6) is 0 Å². The first-order valence-electron chi connectivity index (χ1n) is 11.5. The number of piperazine rings is 1. The number of aromatic nitrogens is 3. The lowest BCUT2D eigenvalue weighted by molar-refractivity contribution is -0.132. The monoisotopic (exact) mass is 453 g/mol. The molecule has 3 heterocycles. The summed E-state index contributed by atoms with van der Waals surface area (Å²) >= 11 is 0. The Morgan fingerprint density at radius 1 is 0.941 bits per heavy atom. The zero-order valence-corrected chi connectivity index (χ0v) is 19.2. The summed E-state index contributed by atoms with van der Waals surface area (Å²) in [4.78, 5) is 25.7. The number of carbonyl (C=O) groups is 1. The zero-order valence-electron chi connectivity index (χ0n) is 19.2. The Balaban J connectivity index is 1.14. The molecule has 2 aromatic heterocycles. The van der Waals surface area contributed by atoms with Crippen molar-refractivity contribution in [1.82, 2.24) is 24.9 Å². The van der Waals surface area contributed by atoms with E-state index in [9.17, 15) is 4.79 Å². The van der Waals surface area contributed by atoms with Crippen LogP contribution in [-0.2, 0) is 17.8 Å². The molecule has 1 saturated heterocycles. The van der Waals surface area contributed by atoms with E-state index in [2.05, 4.69) is 45.1 Å². The van der Waals surface area contributed by atoms with E-state index in [0.717, 1.165) is 49.4 Å². The van der Waals surface area contributed by atoms with Gasteiger partial charge >= 0.3 is 0 Å². The van der Waals surface area contributed by atoms with Crippen molar-refractivity contribution in [3.63, 3.8) is 0 Å². The number of aryl methyl sites for hydroxylation is 1. The Morgan fingerprint density at radius 2 is 1.74 bits per heavy atom. The minimum Gasteiger partial charge on any atom is -0.340 e. The maximum atomic E-state index is 12.7. The molecule has 0 radical (unpaired) electrons. The van der Waals surface area contributed by atoms with Crippen LogP contribution < -0.4 is 0 Å². The number of amides is 1. The highest BCUT2D eigenvalue weighted by Crippen LogP contribution is 2.22. The van der Waals surface area contributed by atoms with Crippen molar-refractivity contribution in [2.45, 2.75) is 19.9 Å². The second-order valence-corrected chi connectivity index (χ2v) is 8.62. The first-order chi connectivity index (χ1) is 16.7. The van der Waals surface area contributed by atoms with Gasteiger partial charge in [0.05, 0.1) is 12.0 Å². The molecule has 0 unspecified atom stereocenters. The van der Waals surface area contributed by atoms with Crippen LogP contribution in [0.3, 0.4) is 0 Å². The minimum atomic E-state index is 0.212. The number of carbonyl (C=O) groups excluding carboxylic acids is 1. The van der Waals surface area contributed by atoms with Crippen molar-refractivity contribution < 1.29 is 9.32 Å². The molecular formula is C27H27N5O2. The van der Waals surface area contributed by atoms with Gasteiger partial charge in [0.25, 0.3) is 5.89 Å². The van der Waals surface area contributed by atoms with Crippen LogP contribution in [0.1, 0.15) is 16.7 Å². The van der Waals surface area contributed by atoms with Gasteiger partial charge < -0.3 is 9.42 Å². The second kappa shape index (κ2) is 9.97. The smallest absolute Gasteiger partial charge is 0.259 e. The van der Waals surface area contributed by atoms with Crippen molar-refractivity contribution in [3.8, 4) is 22.8 Å². The number of benzene rings is 2. The molecule has 34 heavy (non-hydrogen) atoms. The third kappa shape index (κ3) is 5.05. The summed E-state index contributed by atoms with van der Waals surface area (Å²) in [5.74, 6) is 1.23. The Labute approximate surface area is 199 Å². The number of nitrogens with zero attached hydrogens (tertiary/aromatic N) is 5. The van der Waals surface area contributed by atoms with Gasteiger partial charge in [0.15, 0.2) is 0 Å². The van der Waals surface area contributed by atoms with Crippen LogP contribution >= 0.6 is 0 Å². The minimum absolute atomic E-state index is 0.212. The fourth-order valence-electron chi connectivity index (χ4n) is 4.20. The molecule has 0 spiro atoms. The average molecular weight is 454 g/mol. The van der Waals surface area contributed by atoms with E-state index in [1.54, 1.807) is 12.4 Å². The quantitative estimate of drug-likeness (QED) is 0.439. The summed E-state index contributed by atoms with van der Waals surface area (Å²) < 4.78 is 5.39. The molecule has 7 nitrogen and oxygen atoms in total. The van der Waals surface area contributed by atoms with Gasteiger partial charge in [0, 0.05) is 50.7 Å². The highest BCUT2D eigenvalue weighted by atomic mass is 16.5. The molecule has 0 bridgehead atoms. The SMILES string of the molecule is Cc1ccccc1CC(=O)N1CCN(Cc2ccc(-c3noc(-c4cccnc4)n3)cc2)CC1. The molecule has 1 fully saturated rings. The predicted molar refractivity (Wildman–Crippen MR) is 130 cm³/mol. The van der Waals surface area contributed by atoms with E-state index >= 15 is 0 Å². The van der Waals surface area contributed by atoms with Gasteiger partial charge in [-0.3, -0.25) is 14.7 Å². The molecule has 0 N–H and O–H groups in total. The number of rotatable bonds is 6. The van der Waals surface area contributed by atoms with Gasteiger partial charge in [0.2, 0.25) is 11.7 Å². The lowest BCUT2D eigenvalue weighted by Crippen LogP contribution is -2.48. The molecule has 1 aliphatic heterocycles. The van der Waals surface area contributed by atoms with E-state index in [-0.39, 0.29) is 5.91 Å². The van der Waals surface area contributed by atoms with Gasteiger partial charge in [-0.15, -0.1) is 0 Å².